The van der Waals surface area contributed by atoms with E-state index in [0.717, 1.165) is 17.1 Å². The summed E-state index contributed by atoms with van der Waals surface area (Å²) in [5.74, 6) is 1.30. The van der Waals surface area contributed by atoms with Crippen LogP contribution in [-0.4, -0.2) is 18.7 Å². The first-order valence-electron chi connectivity index (χ1n) is 7.58. The summed E-state index contributed by atoms with van der Waals surface area (Å²) in [6, 6.07) is 14.2. The average molecular weight is 323 g/mol. The highest BCUT2D eigenvalue weighted by Crippen LogP contribution is 2.32. The predicted octanol–water partition coefficient (Wildman–Crippen LogP) is 2.40. The lowest BCUT2D eigenvalue weighted by Gasteiger charge is -2.14. The molecule has 0 bridgehead atoms. The Balaban J connectivity index is 1.55. The molecular formula is C18H17N3O3. The molecule has 1 heterocycles. The van der Waals surface area contributed by atoms with Gasteiger partial charge in [-0.1, -0.05) is 12.1 Å². The topological polar surface area (TPSA) is 83.4 Å². The summed E-state index contributed by atoms with van der Waals surface area (Å²) in [7, 11) is 0. The van der Waals surface area contributed by atoms with E-state index in [1.807, 2.05) is 24.3 Å². The number of carbonyl (C=O) groups is 1. The van der Waals surface area contributed by atoms with Gasteiger partial charge in [0.1, 0.15) is 0 Å². The fourth-order valence-electron chi connectivity index (χ4n) is 2.33. The number of amides is 1. The first kappa shape index (κ1) is 15.8. The number of anilines is 1. The number of hydrogen-bond donors (Lipinski definition) is 2. The summed E-state index contributed by atoms with van der Waals surface area (Å²) in [6.45, 7) is 2.56. The van der Waals surface area contributed by atoms with Gasteiger partial charge in [0.2, 0.25) is 12.7 Å². The fraction of sp³-hybridized carbons (Fsp3) is 0.222. The minimum absolute atomic E-state index is 0.161. The summed E-state index contributed by atoms with van der Waals surface area (Å²) in [6.07, 6.45) is 0. The Morgan fingerprint density at radius 1 is 1.25 bits per heavy atom. The summed E-state index contributed by atoms with van der Waals surface area (Å²) in [5.41, 5.74) is 2.12. The average Bonchev–Trinajstić information content (AvgIpc) is 3.07. The Bertz CT molecular complexity index is 798. The second-order valence-corrected chi connectivity index (χ2v) is 5.47. The van der Waals surface area contributed by atoms with Crippen LogP contribution in [0.1, 0.15) is 18.1 Å². The van der Waals surface area contributed by atoms with E-state index in [1.54, 1.807) is 31.2 Å². The SMILES string of the molecule is CC(NCc1ccc2c(c1)OCO2)C(=O)Nc1cccc(C#N)c1. The molecule has 0 saturated heterocycles. The molecule has 3 rings (SSSR count). The van der Waals surface area contributed by atoms with E-state index >= 15 is 0 Å². The highest BCUT2D eigenvalue weighted by Gasteiger charge is 2.15. The second kappa shape index (κ2) is 7.02. The van der Waals surface area contributed by atoms with Gasteiger partial charge in [-0.05, 0) is 42.8 Å². The summed E-state index contributed by atoms with van der Waals surface area (Å²) in [5, 5.41) is 14.9. The van der Waals surface area contributed by atoms with Gasteiger partial charge in [-0.25, -0.2) is 0 Å². The van der Waals surface area contributed by atoms with E-state index in [4.69, 9.17) is 14.7 Å². The van der Waals surface area contributed by atoms with Gasteiger partial charge in [0.25, 0.3) is 0 Å². The number of ether oxygens (including phenoxy) is 2. The molecule has 122 valence electrons. The molecule has 0 fully saturated rings. The van der Waals surface area contributed by atoms with Crippen LogP contribution in [0.3, 0.4) is 0 Å². The molecule has 0 saturated carbocycles. The third-order valence-corrected chi connectivity index (χ3v) is 3.70. The van der Waals surface area contributed by atoms with Crippen molar-refractivity contribution in [3.8, 4) is 17.6 Å². The molecule has 2 aromatic rings. The molecule has 2 aromatic carbocycles. The van der Waals surface area contributed by atoms with E-state index in [0.29, 0.717) is 17.8 Å². The Morgan fingerprint density at radius 3 is 2.92 bits per heavy atom. The molecule has 2 N–H and O–H groups in total. The van der Waals surface area contributed by atoms with Gasteiger partial charge in [-0.15, -0.1) is 0 Å². The van der Waals surface area contributed by atoms with Gasteiger partial charge < -0.3 is 20.1 Å². The highest BCUT2D eigenvalue weighted by molar-refractivity contribution is 5.94. The molecule has 0 radical (unpaired) electrons. The number of hydrogen-bond acceptors (Lipinski definition) is 5. The molecule has 1 aliphatic heterocycles. The number of fused-ring (bicyclic) bond motifs is 1. The molecule has 1 amide bonds. The second-order valence-electron chi connectivity index (χ2n) is 5.47. The first-order valence-corrected chi connectivity index (χ1v) is 7.58. The van der Waals surface area contributed by atoms with Crippen molar-refractivity contribution in [2.75, 3.05) is 12.1 Å². The maximum atomic E-state index is 12.2. The number of nitrogens with one attached hydrogen (secondary N) is 2. The number of benzene rings is 2. The molecule has 0 spiro atoms. The Hall–Kier alpha value is -3.04. The fourth-order valence-corrected chi connectivity index (χ4v) is 2.33. The van der Waals surface area contributed by atoms with Crippen molar-refractivity contribution >= 4 is 11.6 Å². The smallest absolute Gasteiger partial charge is 0.241 e. The minimum atomic E-state index is -0.388. The summed E-state index contributed by atoms with van der Waals surface area (Å²) < 4.78 is 10.6. The van der Waals surface area contributed by atoms with Crippen LogP contribution >= 0.6 is 0 Å². The maximum absolute atomic E-state index is 12.2. The lowest BCUT2D eigenvalue weighted by Crippen LogP contribution is -2.37. The first-order chi connectivity index (χ1) is 11.7. The molecule has 1 unspecified atom stereocenters. The van der Waals surface area contributed by atoms with E-state index in [9.17, 15) is 4.79 Å². The van der Waals surface area contributed by atoms with Gasteiger partial charge in [0.15, 0.2) is 11.5 Å². The summed E-state index contributed by atoms with van der Waals surface area (Å²) in [4.78, 5) is 12.2. The quantitative estimate of drug-likeness (QED) is 0.883. The molecule has 0 aromatic heterocycles. The molecule has 24 heavy (non-hydrogen) atoms. The number of carbonyl (C=O) groups excluding carboxylic acids is 1. The molecule has 1 atom stereocenters. The van der Waals surface area contributed by atoms with Gasteiger partial charge in [-0.3, -0.25) is 4.79 Å². The van der Waals surface area contributed by atoms with Crippen LogP contribution in [0.5, 0.6) is 11.5 Å². The monoisotopic (exact) mass is 323 g/mol. The zero-order chi connectivity index (χ0) is 16.9. The molecular weight excluding hydrogens is 306 g/mol. The lowest BCUT2D eigenvalue weighted by atomic mass is 10.2. The van der Waals surface area contributed by atoms with Crippen LogP contribution in [0.2, 0.25) is 0 Å². The summed E-state index contributed by atoms with van der Waals surface area (Å²) >= 11 is 0. The largest absolute Gasteiger partial charge is 0.454 e. The van der Waals surface area contributed by atoms with Crippen molar-refractivity contribution in [2.45, 2.75) is 19.5 Å². The normalized spacial score (nSPS) is 13.2. The molecule has 1 aliphatic rings. The molecule has 0 aliphatic carbocycles. The van der Waals surface area contributed by atoms with Crippen LogP contribution in [0, 0.1) is 11.3 Å². The van der Waals surface area contributed by atoms with Gasteiger partial charge >= 0.3 is 0 Å². The number of rotatable bonds is 5. The van der Waals surface area contributed by atoms with Crippen molar-refractivity contribution in [1.29, 1.82) is 5.26 Å². The number of nitriles is 1. The van der Waals surface area contributed by atoms with Gasteiger partial charge in [0.05, 0.1) is 17.7 Å². The van der Waals surface area contributed by atoms with Gasteiger partial charge in [-0.2, -0.15) is 5.26 Å². The zero-order valence-electron chi connectivity index (χ0n) is 13.2. The van der Waals surface area contributed by atoms with Crippen molar-refractivity contribution < 1.29 is 14.3 Å². The number of nitrogens with zero attached hydrogens (tertiary/aromatic N) is 1. The van der Waals surface area contributed by atoms with Crippen LogP contribution < -0.4 is 20.1 Å². The van der Waals surface area contributed by atoms with E-state index in [-0.39, 0.29) is 18.7 Å². The van der Waals surface area contributed by atoms with E-state index in [2.05, 4.69) is 10.6 Å². The third kappa shape index (κ3) is 3.65. The van der Waals surface area contributed by atoms with Crippen molar-refractivity contribution in [2.24, 2.45) is 0 Å². The zero-order valence-corrected chi connectivity index (χ0v) is 13.2. The standard InChI is InChI=1S/C18H17N3O3/c1-12(18(22)21-15-4-2-3-13(7-15)9-19)20-10-14-5-6-16-17(8-14)24-11-23-16/h2-8,12,20H,10-11H2,1H3,(H,21,22). The molecule has 6 heteroatoms. The predicted molar refractivity (Wildman–Crippen MR) is 88.7 cm³/mol. The van der Waals surface area contributed by atoms with Crippen molar-refractivity contribution in [3.05, 3.63) is 53.6 Å². The Kier molecular flexibility index (Phi) is 4.64. The van der Waals surface area contributed by atoms with Crippen molar-refractivity contribution in [1.82, 2.24) is 5.32 Å². The molecule has 6 nitrogen and oxygen atoms in total. The van der Waals surface area contributed by atoms with Gasteiger partial charge in [0, 0.05) is 12.2 Å². The van der Waals surface area contributed by atoms with Crippen LogP contribution in [0.15, 0.2) is 42.5 Å². The highest BCUT2D eigenvalue weighted by atomic mass is 16.7. The minimum Gasteiger partial charge on any atom is -0.454 e. The maximum Gasteiger partial charge on any atom is 0.241 e. The third-order valence-electron chi connectivity index (χ3n) is 3.70. The van der Waals surface area contributed by atoms with Crippen LogP contribution in [-0.2, 0) is 11.3 Å². The lowest BCUT2D eigenvalue weighted by molar-refractivity contribution is -0.117. The van der Waals surface area contributed by atoms with E-state index in [1.165, 1.54) is 0 Å². The Morgan fingerprint density at radius 2 is 2.08 bits per heavy atom. The Labute approximate surface area is 140 Å². The van der Waals surface area contributed by atoms with E-state index < -0.39 is 0 Å². The van der Waals surface area contributed by atoms with Crippen LogP contribution in [0.4, 0.5) is 5.69 Å². The van der Waals surface area contributed by atoms with Crippen LogP contribution in [0.25, 0.3) is 0 Å². The van der Waals surface area contributed by atoms with Crippen molar-refractivity contribution in [3.63, 3.8) is 0 Å².